The average molecular weight is 623 g/mol. The average Bonchev–Trinajstić information content (AvgIpc) is 3.31. The summed E-state index contributed by atoms with van der Waals surface area (Å²) >= 11 is 0. The van der Waals surface area contributed by atoms with E-state index in [1.807, 2.05) is 0 Å². The van der Waals surface area contributed by atoms with E-state index in [-0.39, 0.29) is 54.0 Å². The van der Waals surface area contributed by atoms with E-state index in [1.165, 1.54) is 15.7 Å². The third-order valence-corrected chi connectivity index (χ3v) is 12.2. The molecule has 41 heavy (non-hydrogen) atoms. The third-order valence-electron chi connectivity index (χ3n) is 8.78. The topological polar surface area (TPSA) is 104 Å². The van der Waals surface area contributed by atoms with Gasteiger partial charge >= 0.3 is 17.4 Å². The van der Waals surface area contributed by atoms with Crippen molar-refractivity contribution in [3.05, 3.63) is 42.5 Å². The van der Waals surface area contributed by atoms with E-state index in [2.05, 4.69) is 47.2 Å². The van der Waals surface area contributed by atoms with E-state index >= 15 is 0 Å². The second kappa shape index (κ2) is 10.9. The van der Waals surface area contributed by atoms with Crippen molar-refractivity contribution in [2.75, 3.05) is 11.5 Å². The van der Waals surface area contributed by atoms with Crippen LogP contribution in [0.1, 0.15) is 44.9 Å². The van der Waals surface area contributed by atoms with Gasteiger partial charge in [-0.1, -0.05) is 30.3 Å². The molecular weight excluding hydrogens is 591 g/mol. The van der Waals surface area contributed by atoms with Crippen LogP contribution in [-0.2, 0) is 30.5 Å². The SMILES string of the molecule is O=C(OC(C(F)(F)F)C(F)(F)S(=O)(=O)[O-])C12CC3CC(CC(C3)C1)C2.OC1CC[S+](c2cccc3ccccc23)C1. The van der Waals surface area contributed by atoms with E-state index in [1.54, 1.807) is 0 Å². The van der Waals surface area contributed by atoms with Gasteiger partial charge in [0.05, 0.1) is 5.41 Å². The number of fused-ring (bicyclic) bond motifs is 1. The number of benzene rings is 2. The number of carbonyl (C=O) groups excluding carboxylic acids is 1. The highest BCUT2D eigenvalue weighted by Gasteiger charge is 2.65. The first-order valence-corrected chi connectivity index (χ1v) is 16.5. The number of aliphatic hydroxyl groups is 1. The van der Waals surface area contributed by atoms with Crippen LogP contribution < -0.4 is 0 Å². The number of hydrogen-bond donors (Lipinski definition) is 1. The Hall–Kier alpha value is -1.96. The van der Waals surface area contributed by atoms with Gasteiger partial charge in [0.1, 0.15) is 17.6 Å². The van der Waals surface area contributed by atoms with Crippen LogP contribution in [0.5, 0.6) is 0 Å². The summed E-state index contributed by atoms with van der Waals surface area (Å²) in [6.07, 6.45) is -6.02. The van der Waals surface area contributed by atoms with Crippen LogP contribution in [-0.4, -0.2) is 59.2 Å². The number of esters is 1. The molecular formula is C28H31F5O6S2. The summed E-state index contributed by atoms with van der Waals surface area (Å²) < 4.78 is 102. The molecule has 13 heteroatoms. The molecule has 2 aromatic rings. The van der Waals surface area contributed by atoms with Gasteiger partial charge in [-0.2, -0.15) is 22.0 Å². The van der Waals surface area contributed by atoms with Gasteiger partial charge < -0.3 is 14.4 Å². The number of ether oxygens (including phenoxy) is 1. The first-order chi connectivity index (χ1) is 19.1. The molecule has 0 spiro atoms. The molecule has 226 valence electrons. The fourth-order valence-electron chi connectivity index (χ4n) is 7.37. The highest BCUT2D eigenvalue weighted by molar-refractivity contribution is 7.97. The molecule has 4 saturated carbocycles. The first-order valence-electron chi connectivity index (χ1n) is 13.5. The summed E-state index contributed by atoms with van der Waals surface area (Å²) in [5.74, 6) is 1.02. The van der Waals surface area contributed by atoms with Crippen LogP contribution in [0.2, 0.25) is 0 Å². The Kier molecular flexibility index (Phi) is 8.14. The molecule has 7 rings (SSSR count). The van der Waals surface area contributed by atoms with E-state index in [0.29, 0.717) is 0 Å². The number of hydrogen-bond acceptors (Lipinski definition) is 6. The highest BCUT2D eigenvalue weighted by Crippen LogP contribution is 2.60. The summed E-state index contributed by atoms with van der Waals surface area (Å²) in [5.41, 5.74) is -1.29. The van der Waals surface area contributed by atoms with Crippen molar-refractivity contribution in [3.8, 4) is 0 Å². The Balaban J connectivity index is 0.000000181. The Labute approximate surface area is 237 Å². The lowest BCUT2D eigenvalue weighted by Gasteiger charge is -2.55. The van der Waals surface area contributed by atoms with Gasteiger partial charge in [0.15, 0.2) is 15.0 Å². The van der Waals surface area contributed by atoms with Gasteiger partial charge in [-0.25, -0.2) is 8.42 Å². The minimum atomic E-state index is -6.67. The molecule has 6 nitrogen and oxygen atoms in total. The number of halogens is 5. The molecule has 2 aromatic carbocycles. The lowest BCUT2D eigenvalue weighted by atomic mass is 9.49. The van der Waals surface area contributed by atoms with E-state index in [9.17, 15) is 44.8 Å². The number of rotatable bonds is 5. The zero-order valence-corrected chi connectivity index (χ0v) is 23.6. The fourth-order valence-corrected chi connectivity index (χ4v) is 10.3. The van der Waals surface area contributed by atoms with Crippen LogP contribution in [0.25, 0.3) is 10.8 Å². The predicted molar refractivity (Wildman–Crippen MR) is 141 cm³/mol. The molecule has 1 N–H and O–H groups in total. The Morgan fingerprint density at radius 1 is 0.976 bits per heavy atom. The summed E-state index contributed by atoms with van der Waals surface area (Å²) in [7, 11) is -6.41. The normalized spacial score (nSPS) is 31.9. The van der Waals surface area contributed by atoms with Crippen molar-refractivity contribution in [2.24, 2.45) is 23.2 Å². The summed E-state index contributed by atoms with van der Waals surface area (Å²) in [6, 6.07) is 15.1. The fraction of sp³-hybridized carbons (Fsp3) is 0.607. The minimum Gasteiger partial charge on any atom is -0.743 e. The van der Waals surface area contributed by atoms with Crippen LogP contribution in [0.3, 0.4) is 0 Å². The second-order valence-corrected chi connectivity index (χ2v) is 15.4. The number of carbonyl (C=O) groups is 1. The first kappa shape index (κ1) is 30.5. The lowest BCUT2D eigenvalue weighted by molar-refractivity contribution is -0.266. The van der Waals surface area contributed by atoms with E-state index < -0.39 is 39.0 Å². The van der Waals surface area contributed by atoms with Crippen molar-refractivity contribution in [1.29, 1.82) is 0 Å². The largest absolute Gasteiger partial charge is 0.743 e. The maximum absolute atomic E-state index is 13.5. The maximum Gasteiger partial charge on any atom is 0.432 e. The molecule has 0 radical (unpaired) electrons. The molecule has 5 aliphatic rings. The molecule has 1 saturated heterocycles. The molecule has 3 atom stereocenters. The van der Waals surface area contributed by atoms with Gasteiger partial charge in [-0.15, -0.1) is 0 Å². The van der Waals surface area contributed by atoms with Gasteiger partial charge in [0.25, 0.3) is 6.10 Å². The smallest absolute Gasteiger partial charge is 0.432 e. The predicted octanol–water partition coefficient (Wildman–Crippen LogP) is 5.40. The Morgan fingerprint density at radius 2 is 1.54 bits per heavy atom. The second-order valence-electron chi connectivity index (χ2n) is 11.8. The lowest BCUT2D eigenvalue weighted by Crippen LogP contribution is -2.56. The van der Waals surface area contributed by atoms with Crippen LogP contribution in [0, 0.1) is 23.2 Å². The number of aliphatic hydroxyl groups excluding tert-OH is 1. The van der Waals surface area contributed by atoms with Crippen molar-refractivity contribution in [3.63, 3.8) is 0 Å². The molecule has 4 aliphatic carbocycles. The standard InChI is InChI=1S/C14H17F5O5S.C14H15OS/c15-13(16,17)10(14(18,19)25(21,22)23)24-11(20)12-4-7-1-8(5-12)3-9(2-7)6-12;15-12-8-9-16(10-12)14-7-3-5-11-4-1-2-6-13(11)14/h7-10H,1-6H2,(H,21,22,23);1-7,12,15H,8-10H2/q;+1/p-1. The minimum absolute atomic E-state index is 0.0812. The molecule has 5 fully saturated rings. The maximum atomic E-state index is 13.5. The zero-order valence-electron chi connectivity index (χ0n) is 22.0. The van der Waals surface area contributed by atoms with Crippen molar-refractivity contribution in [2.45, 2.75) is 73.5 Å². The molecule has 1 heterocycles. The summed E-state index contributed by atoms with van der Waals surface area (Å²) in [6.45, 7) is 0. The van der Waals surface area contributed by atoms with Gasteiger partial charge in [-0.05, 0) is 73.8 Å². The van der Waals surface area contributed by atoms with Crippen LogP contribution in [0.4, 0.5) is 22.0 Å². The monoisotopic (exact) mass is 622 g/mol. The molecule has 1 aliphatic heterocycles. The molecule has 0 aromatic heterocycles. The van der Waals surface area contributed by atoms with E-state index in [0.717, 1.165) is 37.2 Å². The zero-order chi connectivity index (χ0) is 29.8. The Morgan fingerprint density at radius 3 is 2.05 bits per heavy atom. The summed E-state index contributed by atoms with van der Waals surface area (Å²) in [4.78, 5) is 13.8. The molecule has 4 bridgehead atoms. The number of alkyl halides is 5. The van der Waals surface area contributed by atoms with Gasteiger partial charge in [-0.3, -0.25) is 4.79 Å². The third kappa shape index (κ3) is 6.09. The van der Waals surface area contributed by atoms with Crippen LogP contribution in [0.15, 0.2) is 47.4 Å². The van der Waals surface area contributed by atoms with Gasteiger partial charge in [0.2, 0.25) is 0 Å². The van der Waals surface area contributed by atoms with E-state index in [4.69, 9.17) is 0 Å². The summed E-state index contributed by atoms with van der Waals surface area (Å²) in [5, 5.41) is 6.53. The van der Waals surface area contributed by atoms with Crippen molar-refractivity contribution < 1.29 is 49.6 Å². The van der Waals surface area contributed by atoms with Gasteiger partial charge in [0, 0.05) is 22.7 Å². The highest BCUT2D eigenvalue weighted by atomic mass is 32.2. The Bertz CT molecular complexity index is 1360. The quantitative estimate of drug-likeness (QED) is 0.208. The van der Waals surface area contributed by atoms with Crippen LogP contribution >= 0.6 is 0 Å². The van der Waals surface area contributed by atoms with Crippen molar-refractivity contribution >= 4 is 37.8 Å². The molecule has 3 unspecified atom stereocenters. The molecule has 0 amide bonds. The van der Waals surface area contributed by atoms with Crippen molar-refractivity contribution in [1.82, 2.24) is 0 Å².